The third-order valence-electron chi connectivity index (χ3n) is 3.75. The Balaban J connectivity index is 1.83. The normalized spacial score (nSPS) is 15.3. The van der Waals surface area contributed by atoms with Gasteiger partial charge in [-0.1, -0.05) is 0 Å². The lowest BCUT2D eigenvalue weighted by molar-refractivity contribution is -0.121. The van der Waals surface area contributed by atoms with E-state index in [4.69, 9.17) is 9.47 Å². The molecule has 1 heterocycles. The number of hydrogen-bond acceptors (Lipinski definition) is 4. The standard InChI is InChI=1S/C16H22N2O4/c1-3-22-16(20)18-10-8-12(9-11-18)15(19)17-13-4-6-14(21-2)7-5-13/h4-7,12H,3,8-11H2,1-2H3,(H,17,19). The fraction of sp³-hybridized carbons (Fsp3) is 0.500. The molecule has 0 bridgehead atoms. The summed E-state index contributed by atoms with van der Waals surface area (Å²) in [5.74, 6) is 0.669. The van der Waals surface area contributed by atoms with Crippen molar-refractivity contribution in [1.82, 2.24) is 4.90 Å². The van der Waals surface area contributed by atoms with Crippen LogP contribution in [0.25, 0.3) is 0 Å². The number of likely N-dealkylation sites (tertiary alicyclic amines) is 1. The van der Waals surface area contributed by atoms with E-state index in [1.165, 1.54) is 0 Å². The molecule has 0 saturated carbocycles. The molecule has 1 aromatic rings. The van der Waals surface area contributed by atoms with Gasteiger partial charge in [0.05, 0.1) is 13.7 Å². The zero-order valence-corrected chi connectivity index (χ0v) is 13.0. The minimum absolute atomic E-state index is 0.00586. The molecule has 0 spiro atoms. The van der Waals surface area contributed by atoms with Gasteiger partial charge in [-0.15, -0.1) is 0 Å². The van der Waals surface area contributed by atoms with Gasteiger partial charge in [-0.2, -0.15) is 0 Å². The van der Waals surface area contributed by atoms with Gasteiger partial charge in [0.1, 0.15) is 5.75 Å². The highest BCUT2D eigenvalue weighted by atomic mass is 16.6. The number of benzene rings is 1. The third-order valence-corrected chi connectivity index (χ3v) is 3.75. The van der Waals surface area contributed by atoms with Crippen molar-refractivity contribution in [3.05, 3.63) is 24.3 Å². The molecule has 1 N–H and O–H groups in total. The molecule has 0 aromatic heterocycles. The number of hydrogen-bond donors (Lipinski definition) is 1. The zero-order chi connectivity index (χ0) is 15.9. The van der Waals surface area contributed by atoms with E-state index in [0.29, 0.717) is 32.5 Å². The molecule has 1 aromatic carbocycles. The molecule has 22 heavy (non-hydrogen) atoms. The SMILES string of the molecule is CCOC(=O)N1CCC(C(=O)Nc2ccc(OC)cc2)CC1. The molecule has 120 valence electrons. The summed E-state index contributed by atoms with van der Waals surface area (Å²) in [4.78, 5) is 25.5. The fourth-order valence-electron chi connectivity index (χ4n) is 2.46. The Morgan fingerprint density at radius 1 is 1.23 bits per heavy atom. The van der Waals surface area contributed by atoms with Crippen LogP contribution in [0.4, 0.5) is 10.5 Å². The number of piperidine rings is 1. The predicted molar refractivity (Wildman–Crippen MR) is 82.9 cm³/mol. The average molecular weight is 306 g/mol. The van der Waals surface area contributed by atoms with Crippen LogP contribution in [0.3, 0.4) is 0 Å². The van der Waals surface area contributed by atoms with Gasteiger partial charge in [0, 0.05) is 24.7 Å². The van der Waals surface area contributed by atoms with Gasteiger partial charge in [-0.05, 0) is 44.0 Å². The van der Waals surface area contributed by atoms with Crippen LogP contribution in [0.1, 0.15) is 19.8 Å². The van der Waals surface area contributed by atoms with Crippen LogP contribution < -0.4 is 10.1 Å². The molecule has 1 saturated heterocycles. The zero-order valence-electron chi connectivity index (χ0n) is 13.0. The number of anilines is 1. The summed E-state index contributed by atoms with van der Waals surface area (Å²) in [6.45, 7) is 3.27. The number of carbonyl (C=O) groups is 2. The second-order valence-corrected chi connectivity index (χ2v) is 5.18. The van der Waals surface area contributed by atoms with Crippen LogP contribution in [-0.4, -0.2) is 43.7 Å². The first-order chi connectivity index (χ1) is 10.6. The minimum atomic E-state index is -0.295. The molecule has 0 atom stereocenters. The van der Waals surface area contributed by atoms with Crippen LogP contribution in [0, 0.1) is 5.92 Å². The Morgan fingerprint density at radius 3 is 2.41 bits per heavy atom. The van der Waals surface area contributed by atoms with Crippen LogP contribution in [0.15, 0.2) is 24.3 Å². The van der Waals surface area contributed by atoms with E-state index < -0.39 is 0 Å². The lowest BCUT2D eigenvalue weighted by atomic mass is 9.96. The monoisotopic (exact) mass is 306 g/mol. The quantitative estimate of drug-likeness (QED) is 0.928. The van der Waals surface area contributed by atoms with Crippen molar-refractivity contribution in [1.29, 1.82) is 0 Å². The topological polar surface area (TPSA) is 67.9 Å². The van der Waals surface area contributed by atoms with Gasteiger partial charge in [0.25, 0.3) is 0 Å². The first kappa shape index (κ1) is 16.1. The average Bonchev–Trinajstić information content (AvgIpc) is 2.56. The predicted octanol–water partition coefficient (Wildman–Crippen LogP) is 2.50. The van der Waals surface area contributed by atoms with Crippen molar-refractivity contribution in [3.63, 3.8) is 0 Å². The van der Waals surface area contributed by atoms with Crippen molar-refractivity contribution in [2.45, 2.75) is 19.8 Å². The number of rotatable bonds is 4. The van der Waals surface area contributed by atoms with Crippen LogP contribution in [0.5, 0.6) is 5.75 Å². The van der Waals surface area contributed by atoms with E-state index in [1.54, 1.807) is 31.1 Å². The van der Waals surface area contributed by atoms with Crippen molar-refractivity contribution in [2.24, 2.45) is 5.92 Å². The van der Waals surface area contributed by atoms with Crippen molar-refractivity contribution >= 4 is 17.7 Å². The summed E-state index contributed by atoms with van der Waals surface area (Å²) in [7, 11) is 1.60. The minimum Gasteiger partial charge on any atom is -0.497 e. The largest absolute Gasteiger partial charge is 0.497 e. The first-order valence-corrected chi connectivity index (χ1v) is 7.50. The van der Waals surface area contributed by atoms with E-state index in [2.05, 4.69) is 5.32 Å². The summed E-state index contributed by atoms with van der Waals surface area (Å²) in [6, 6.07) is 7.23. The summed E-state index contributed by atoms with van der Waals surface area (Å²) in [6.07, 6.45) is 1.01. The van der Waals surface area contributed by atoms with Crippen LogP contribution in [-0.2, 0) is 9.53 Å². The molecule has 6 nitrogen and oxygen atoms in total. The number of nitrogens with zero attached hydrogens (tertiary/aromatic N) is 1. The molecular weight excluding hydrogens is 284 g/mol. The molecule has 0 unspecified atom stereocenters. The van der Waals surface area contributed by atoms with E-state index in [1.807, 2.05) is 12.1 Å². The molecule has 0 radical (unpaired) electrons. The highest BCUT2D eigenvalue weighted by molar-refractivity contribution is 5.92. The summed E-state index contributed by atoms with van der Waals surface area (Å²) >= 11 is 0. The maximum absolute atomic E-state index is 12.2. The van der Waals surface area contributed by atoms with Gasteiger partial charge in [0.2, 0.25) is 5.91 Å². The second kappa shape index (κ2) is 7.68. The Labute approximate surface area is 130 Å². The number of methoxy groups -OCH3 is 1. The maximum atomic E-state index is 12.2. The van der Waals surface area contributed by atoms with Crippen LogP contribution in [0.2, 0.25) is 0 Å². The summed E-state index contributed by atoms with van der Waals surface area (Å²) < 4.78 is 10.1. The third kappa shape index (κ3) is 4.13. The Morgan fingerprint density at radius 2 is 1.86 bits per heavy atom. The number of nitrogens with one attached hydrogen (secondary N) is 1. The Hall–Kier alpha value is -2.24. The number of ether oxygens (including phenoxy) is 2. The smallest absolute Gasteiger partial charge is 0.409 e. The van der Waals surface area contributed by atoms with Gasteiger partial charge in [-0.3, -0.25) is 4.79 Å². The van der Waals surface area contributed by atoms with Crippen LogP contribution >= 0.6 is 0 Å². The summed E-state index contributed by atoms with van der Waals surface area (Å²) in [5, 5.41) is 2.90. The molecule has 1 fully saturated rings. The first-order valence-electron chi connectivity index (χ1n) is 7.50. The van der Waals surface area contributed by atoms with E-state index in [-0.39, 0.29) is 17.9 Å². The van der Waals surface area contributed by atoms with Crippen molar-refractivity contribution in [3.8, 4) is 5.75 Å². The molecule has 0 aliphatic carbocycles. The van der Waals surface area contributed by atoms with Gasteiger partial charge >= 0.3 is 6.09 Å². The second-order valence-electron chi connectivity index (χ2n) is 5.18. The van der Waals surface area contributed by atoms with E-state index in [9.17, 15) is 9.59 Å². The lowest BCUT2D eigenvalue weighted by Gasteiger charge is -2.30. The molecule has 2 amide bonds. The maximum Gasteiger partial charge on any atom is 0.409 e. The lowest BCUT2D eigenvalue weighted by Crippen LogP contribution is -2.41. The van der Waals surface area contributed by atoms with E-state index >= 15 is 0 Å². The molecule has 2 rings (SSSR count). The van der Waals surface area contributed by atoms with Gasteiger partial charge in [-0.25, -0.2) is 4.79 Å². The Bertz CT molecular complexity index is 507. The molecular formula is C16H22N2O4. The Kier molecular flexibility index (Phi) is 5.63. The molecule has 1 aliphatic rings. The summed E-state index contributed by atoms with van der Waals surface area (Å²) in [5.41, 5.74) is 0.749. The number of amides is 2. The highest BCUT2D eigenvalue weighted by Gasteiger charge is 2.27. The van der Waals surface area contributed by atoms with E-state index in [0.717, 1.165) is 11.4 Å². The van der Waals surface area contributed by atoms with Crippen molar-refractivity contribution < 1.29 is 19.1 Å². The highest BCUT2D eigenvalue weighted by Crippen LogP contribution is 2.21. The molecule has 1 aliphatic heterocycles. The number of carbonyl (C=O) groups excluding carboxylic acids is 2. The molecule has 6 heteroatoms. The van der Waals surface area contributed by atoms with Gasteiger partial charge < -0.3 is 19.7 Å². The van der Waals surface area contributed by atoms with Gasteiger partial charge in [0.15, 0.2) is 0 Å². The van der Waals surface area contributed by atoms with Crippen molar-refractivity contribution in [2.75, 3.05) is 32.1 Å². The fourth-order valence-corrected chi connectivity index (χ4v) is 2.46.